The first-order chi connectivity index (χ1) is 11.3. The van der Waals surface area contributed by atoms with E-state index in [4.69, 9.17) is 3.63 Å². The third-order valence-electron chi connectivity index (χ3n) is 3.75. The molecule has 23 heavy (non-hydrogen) atoms. The molecule has 2 aromatic rings. The summed E-state index contributed by atoms with van der Waals surface area (Å²) in [6, 6.07) is 17.4. The van der Waals surface area contributed by atoms with Gasteiger partial charge in [0.1, 0.15) is 0 Å². The van der Waals surface area contributed by atoms with Gasteiger partial charge in [-0.25, -0.2) is 3.63 Å². The Morgan fingerprint density at radius 2 is 1.04 bits per heavy atom. The third kappa shape index (κ3) is 7.03. The smallest absolute Gasteiger partial charge is 0.0447 e. The molecule has 2 aromatic carbocycles. The van der Waals surface area contributed by atoms with Crippen LogP contribution < -0.4 is 0 Å². The summed E-state index contributed by atoms with van der Waals surface area (Å²) in [6.45, 7) is 4.46. The predicted octanol–water partition coefficient (Wildman–Crippen LogP) is 7.10. The SMILES string of the molecule is CCCCc1ccc(SOSc2ccc(CCCC)cc2)cc1. The quantitative estimate of drug-likeness (QED) is 0.424. The molecule has 0 unspecified atom stereocenters. The van der Waals surface area contributed by atoms with E-state index < -0.39 is 0 Å². The Balaban J connectivity index is 1.73. The molecule has 0 atom stereocenters. The number of rotatable bonds is 10. The molecule has 0 aliphatic heterocycles. The summed E-state index contributed by atoms with van der Waals surface area (Å²) in [4.78, 5) is 2.30. The van der Waals surface area contributed by atoms with E-state index >= 15 is 0 Å². The van der Waals surface area contributed by atoms with Crippen LogP contribution in [0.15, 0.2) is 58.3 Å². The number of hydrogen-bond acceptors (Lipinski definition) is 3. The maximum atomic E-state index is 5.68. The lowest BCUT2D eigenvalue weighted by molar-refractivity contribution is 0.755. The van der Waals surface area contributed by atoms with Gasteiger partial charge in [0.05, 0.1) is 0 Å². The first kappa shape index (κ1) is 18.4. The van der Waals surface area contributed by atoms with E-state index in [1.807, 2.05) is 0 Å². The minimum Gasteiger partial charge on any atom is -0.237 e. The summed E-state index contributed by atoms with van der Waals surface area (Å²) in [5, 5.41) is 0. The Morgan fingerprint density at radius 3 is 1.39 bits per heavy atom. The molecule has 3 heteroatoms. The average Bonchev–Trinajstić information content (AvgIpc) is 2.60. The summed E-state index contributed by atoms with van der Waals surface area (Å²) in [5.41, 5.74) is 2.82. The molecule has 0 aliphatic carbocycles. The molecule has 1 nitrogen and oxygen atoms in total. The summed E-state index contributed by atoms with van der Waals surface area (Å²) < 4.78 is 5.68. The highest BCUT2D eigenvalue weighted by Crippen LogP contribution is 2.30. The van der Waals surface area contributed by atoms with Crippen molar-refractivity contribution in [3.05, 3.63) is 59.7 Å². The molecule has 0 heterocycles. The summed E-state index contributed by atoms with van der Waals surface area (Å²) in [6.07, 6.45) is 7.34. The summed E-state index contributed by atoms with van der Waals surface area (Å²) >= 11 is 2.86. The molecule has 124 valence electrons. The Hall–Kier alpha value is -0.900. The maximum Gasteiger partial charge on any atom is 0.0447 e. The van der Waals surface area contributed by atoms with Crippen LogP contribution in [0, 0.1) is 0 Å². The first-order valence-corrected chi connectivity index (χ1v) is 9.99. The lowest BCUT2D eigenvalue weighted by atomic mass is 10.1. The van der Waals surface area contributed by atoms with Crippen LogP contribution >= 0.6 is 24.1 Å². The van der Waals surface area contributed by atoms with Crippen LogP contribution in [0.3, 0.4) is 0 Å². The molecular weight excluding hydrogens is 320 g/mol. The molecule has 0 aromatic heterocycles. The Morgan fingerprint density at radius 1 is 0.652 bits per heavy atom. The van der Waals surface area contributed by atoms with Crippen molar-refractivity contribution in [2.75, 3.05) is 0 Å². The zero-order chi connectivity index (χ0) is 16.3. The largest absolute Gasteiger partial charge is 0.237 e. The van der Waals surface area contributed by atoms with E-state index in [1.54, 1.807) is 0 Å². The Bertz CT molecular complexity index is 497. The number of unbranched alkanes of at least 4 members (excludes halogenated alkanes) is 2. The summed E-state index contributed by atoms with van der Waals surface area (Å²) in [7, 11) is 0. The third-order valence-corrected chi connectivity index (χ3v) is 5.22. The van der Waals surface area contributed by atoms with Gasteiger partial charge >= 0.3 is 0 Å². The van der Waals surface area contributed by atoms with Crippen molar-refractivity contribution >= 4 is 24.1 Å². The molecule has 0 bridgehead atoms. The molecule has 0 spiro atoms. The van der Waals surface area contributed by atoms with Crippen LogP contribution in [-0.2, 0) is 16.5 Å². The van der Waals surface area contributed by atoms with Gasteiger partial charge in [0.25, 0.3) is 0 Å². The maximum absolute atomic E-state index is 5.68. The lowest BCUT2D eigenvalue weighted by Crippen LogP contribution is -1.84. The van der Waals surface area contributed by atoms with Gasteiger partial charge in [-0.15, -0.1) is 0 Å². The van der Waals surface area contributed by atoms with E-state index in [0.717, 1.165) is 9.79 Å². The molecule has 2 rings (SSSR count). The topological polar surface area (TPSA) is 9.23 Å². The van der Waals surface area contributed by atoms with Gasteiger partial charge in [0, 0.05) is 33.9 Å². The minimum absolute atomic E-state index is 1.15. The van der Waals surface area contributed by atoms with Crippen LogP contribution in [0.1, 0.15) is 50.7 Å². The van der Waals surface area contributed by atoms with E-state index in [-0.39, 0.29) is 0 Å². The van der Waals surface area contributed by atoms with E-state index in [1.165, 1.54) is 73.7 Å². The zero-order valence-electron chi connectivity index (χ0n) is 14.1. The molecule has 0 radical (unpaired) electrons. The first-order valence-electron chi connectivity index (χ1n) is 8.51. The van der Waals surface area contributed by atoms with Crippen LogP contribution in [0.25, 0.3) is 0 Å². The van der Waals surface area contributed by atoms with Gasteiger partial charge in [-0.05, 0) is 61.1 Å². The standard InChI is InChI=1S/C20H26OS2/c1-3-5-7-17-9-13-19(14-10-17)22-21-23-20-15-11-18(12-16-20)8-6-4-2/h9-16H,3-8H2,1-2H3. The number of hydrogen-bond donors (Lipinski definition) is 0. The lowest BCUT2D eigenvalue weighted by Gasteiger charge is -2.05. The molecular formula is C20H26OS2. The van der Waals surface area contributed by atoms with Crippen LogP contribution in [0.5, 0.6) is 0 Å². The van der Waals surface area contributed by atoms with Crippen molar-refractivity contribution < 1.29 is 3.63 Å². The van der Waals surface area contributed by atoms with Gasteiger partial charge in [0.2, 0.25) is 0 Å². The molecule has 0 aliphatic rings. The van der Waals surface area contributed by atoms with Crippen molar-refractivity contribution in [3.63, 3.8) is 0 Å². The number of benzene rings is 2. The van der Waals surface area contributed by atoms with Gasteiger partial charge in [-0.1, -0.05) is 51.0 Å². The Kier molecular flexibility index (Phi) is 8.66. The second-order valence-corrected chi connectivity index (χ2v) is 7.55. The molecule has 0 saturated heterocycles. The van der Waals surface area contributed by atoms with Crippen molar-refractivity contribution in [2.45, 2.75) is 62.2 Å². The monoisotopic (exact) mass is 346 g/mol. The second-order valence-electron chi connectivity index (χ2n) is 5.73. The van der Waals surface area contributed by atoms with Crippen molar-refractivity contribution in [1.82, 2.24) is 0 Å². The molecule has 0 amide bonds. The van der Waals surface area contributed by atoms with Crippen molar-refractivity contribution in [3.8, 4) is 0 Å². The Labute approximate surface area is 149 Å². The highest BCUT2D eigenvalue weighted by atomic mass is 32.2. The predicted molar refractivity (Wildman–Crippen MR) is 103 cm³/mol. The molecule has 0 saturated carbocycles. The van der Waals surface area contributed by atoms with Gasteiger partial charge in [-0.2, -0.15) is 0 Å². The zero-order valence-corrected chi connectivity index (χ0v) is 15.7. The van der Waals surface area contributed by atoms with E-state index in [0.29, 0.717) is 0 Å². The van der Waals surface area contributed by atoms with Crippen LogP contribution in [-0.4, -0.2) is 0 Å². The summed E-state index contributed by atoms with van der Waals surface area (Å²) in [5.74, 6) is 0. The van der Waals surface area contributed by atoms with Crippen LogP contribution in [0.4, 0.5) is 0 Å². The normalized spacial score (nSPS) is 10.9. The average molecular weight is 347 g/mol. The minimum atomic E-state index is 1.15. The van der Waals surface area contributed by atoms with Crippen LogP contribution in [0.2, 0.25) is 0 Å². The fourth-order valence-corrected chi connectivity index (χ4v) is 3.54. The molecule has 0 N–H and O–H groups in total. The van der Waals surface area contributed by atoms with Crippen molar-refractivity contribution in [2.24, 2.45) is 0 Å². The van der Waals surface area contributed by atoms with Crippen molar-refractivity contribution in [1.29, 1.82) is 0 Å². The van der Waals surface area contributed by atoms with Gasteiger partial charge in [0.15, 0.2) is 0 Å². The highest BCUT2D eigenvalue weighted by Gasteiger charge is 2.00. The second kappa shape index (κ2) is 10.8. The fourth-order valence-electron chi connectivity index (χ4n) is 2.28. The fraction of sp³-hybridized carbons (Fsp3) is 0.400. The molecule has 0 fully saturated rings. The van der Waals surface area contributed by atoms with Gasteiger partial charge in [-0.3, -0.25) is 0 Å². The number of aryl methyl sites for hydroxylation is 2. The van der Waals surface area contributed by atoms with E-state index in [9.17, 15) is 0 Å². The van der Waals surface area contributed by atoms with Gasteiger partial charge < -0.3 is 0 Å². The van der Waals surface area contributed by atoms with E-state index in [2.05, 4.69) is 62.4 Å². The highest BCUT2D eigenvalue weighted by molar-refractivity contribution is 8.07.